The zero-order chi connectivity index (χ0) is 25.6. The summed E-state index contributed by atoms with van der Waals surface area (Å²) in [5.41, 5.74) is 0.464. The average molecular weight is 549 g/mol. The van der Waals surface area contributed by atoms with Crippen molar-refractivity contribution in [1.29, 1.82) is 0 Å². The van der Waals surface area contributed by atoms with E-state index in [1.165, 1.54) is 36.2 Å². The molecule has 2 aromatic carbocycles. The lowest BCUT2D eigenvalue weighted by Crippen LogP contribution is -2.52. The maximum Gasteiger partial charge on any atom is 0.243 e. The number of nitrogens with one attached hydrogen (secondary N) is 1. The Morgan fingerprint density at radius 1 is 1.00 bits per heavy atom. The number of hydrogen-bond acceptors (Lipinski definition) is 4. The lowest BCUT2D eigenvalue weighted by atomic mass is 10.1. The molecule has 0 saturated heterocycles. The topological polar surface area (TPSA) is 86.8 Å². The van der Waals surface area contributed by atoms with E-state index in [2.05, 4.69) is 5.32 Å². The molecule has 0 fully saturated rings. The van der Waals surface area contributed by atoms with Crippen LogP contribution in [0.15, 0.2) is 47.4 Å². The molecule has 0 aliphatic carbocycles. The molecule has 11 heteroatoms. The fourth-order valence-electron chi connectivity index (χ4n) is 3.05. The van der Waals surface area contributed by atoms with Gasteiger partial charge in [-0.2, -0.15) is 4.31 Å². The Kier molecular flexibility index (Phi) is 10.2. The molecule has 0 aromatic heterocycles. The van der Waals surface area contributed by atoms with Crippen molar-refractivity contribution in [3.05, 3.63) is 63.1 Å². The number of likely N-dealkylation sites (N-methyl/N-ethyl adjacent to an activating group) is 1. The summed E-state index contributed by atoms with van der Waals surface area (Å²) in [5, 5.41) is 3.91. The van der Waals surface area contributed by atoms with Crippen molar-refractivity contribution in [2.24, 2.45) is 0 Å². The lowest BCUT2D eigenvalue weighted by molar-refractivity contribution is -0.140. The van der Waals surface area contributed by atoms with Crippen LogP contribution in [0.2, 0.25) is 15.1 Å². The predicted molar refractivity (Wildman–Crippen MR) is 136 cm³/mol. The third-order valence-electron chi connectivity index (χ3n) is 5.44. The van der Waals surface area contributed by atoms with E-state index < -0.39 is 28.5 Å². The van der Waals surface area contributed by atoms with E-state index in [1.807, 2.05) is 13.8 Å². The Labute approximate surface area is 216 Å². The summed E-state index contributed by atoms with van der Waals surface area (Å²) in [6.45, 7) is 4.80. The molecule has 2 atom stereocenters. The van der Waals surface area contributed by atoms with Gasteiger partial charge in [-0.3, -0.25) is 9.59 Å². The van der Waals surface area contributed by atoms with Gasteiger partial charge in [-0.05, 0) is 56.7 Å². The third-order valence-corrected chi connectivity index (χ3v) is 8.22. The van der Waals surface area contributed by atoms with E-state index in [0.717, 1.165) is 4.31 Å². The molecule has 0 spiro atoms. The Hall–Kier alpha value is -1.84. The van der Waals surface area contributed by atoms with Gasteiger partial charge in [0.25, 0.3) is 0 Å². The van der Waals surface area contributed by atoms with Gasteiger partial charge in [0.1, 0.15) is 6.04 Å². The molecule has 0 aliphatic rings. The van der Waals surface area contributed by atoms with Crippen LogP contribution in [0.1, 0.15) is 32.8 Å². The highest BCUT2D eigenvalue weighted by molar-refractivity contribution is 7.89. The second-order valence-corrected chi connectivity index (χ2v) is 11.2. The molecule has 0 saturated carbocycles. The molecule has 2 rings (SSSR count). The zero-order valence-corrected chi connectivity index (χ0v) is 22.5. The number of carbonyl (C=O) groups is 2. The van der Waals surface area contributed by atoms with Gasteiger partial charge in [0.2, 0.25) is 21.8 Å². The smallest absolute Gasteiger partial charge is 0.243 e. The molecule has 186 valence electrons. The summed E-state index contributed by atoms with van der Waals surface area (Å²) in [5.74, 6) is -0.947. The van der Waals surface area contributed by atoms with Crippen molar-refractivity contribution in [3.63, 3.8) is 0 Å². The molecule has 2 aromatic rings. The van der Waals surface area contributed by atoms with Crippen LogP contribution in [0.3, 0.4) is 0 Å². The molecular formula is C23H28Cl3N3O4S. The molecule has 0 bridgehead atoms. The summed E-state index contributed by atoms with van der Waals surface area (Å²) in [6, 6.07) is 9.58. The van der Waals surface area contributed by atoms with Crippen molar-refractivity contribution in [2.75, 3.05) is 13.6 Å². The van der Waals surface area contributed by atoms with Gasteiger partial charge >= 0.3 is 0 Å². The number of nitrogens with zero attached hydrogens (tertiary/aromatic N) is 2. The van der Waals surface area contributed by atoms with Crippen molar-refractivity contribution >= 4 is 56.6 Å². The maximum atomic E-state index is 13.3. The lowest BCUT2D eigenvalue weighted by Gasteiger charge is -2.31. The number of halogens is 3. The van der Waals surface area contributed by atoms with E-state index in [-0.39, 0.29) is 23.4 Å². The summed E-state index contributed by atoms with van der Waals surface area (Å²) in [7, 11) is -2.67. The number of benzene rings is 2. The summed E-state index contributed by atoms with van der Waals surface area (Å²) < 4.78 is 26.8. The first-order valence-electron chi connectivity index (χ1n) is 10.6. The number of sulfonamides is 1. The van der Waals surface area contributed by atoms with Gasteiger partial charge in [-0.1, -0.05) is 47.8 Å². The zero-order valence-electron chi connectivity index (χ0n) is 19.4. The van der Waals surface area contributed by atoms with E-state index in [4.69, 9.17) is 34.8 Å². The van der Waals surface area contributed by atoms with Crippen LogP contribution in [-0.4, -0.2) is 55.1 Å². The number of carbonyl (C=O) groups excluding carboxylic acids is 2. The normalized spacial score (nSPS) is 13.4. The Morgan fingerprint density at radius 3 is 2.09 bits per heavy atom. The predicted octanol–water partition coefficient (Wildman–Crippen LogP) is 4.60. The van der Waals surface area contributed by atoms with Gasteiger partial charge in [0.05, 0.1) is 11.4 Å². The first-order valence-corrected chi connectivity index (χ1v) is 13.2. The monoisotopic (exact) mass is 547 g/mol. The second-order valence-electron chi connectivity index (χ2n) is 7.93. The van der Waals surface area contributed by atoms with Crippen molar-refractivity contribution in [3.8, 4) is 0 Å². The first kappa shape index (κ1) is 28.4. The van der Waals surface area contributed by atoms with Gasteiger partial charge in [-0.15, -0.1) is 0 Å². The summed E-state index contributed by atoms with van der Waals surface area (Å²) in [6.07, 6.45) is 0.713. The first-order chi connectivity index (χ1) is 15.9. The van der Waals surface area contributed by atoms with Crippen LogP contribution in [0, 0.1) is 0 Å². The average Bonchev–Trinajstić information content (AvgIpc) is 2.78. The fourth-order valence-corrected chi connectivity index (χ4v) is 4.82. The molecule has 1 N–H and O–H groups in total. The van der Waals surface area contributed by atoms with Crippen LogP contribution < -0.4 is 5.32 Å². The van der Waals surface area contributed by atoms with Crippen molar-refractivity contribution in [2.45, 2.75) is 50.7 Å². The molecule has 0 heterocycles. The van der Waals surface area contributed by atoms with E-state index >= 15 is 0 Å². The number of amides is 2. The quantitative estimate of drug-likeness (QED) is 0.470. The van der Waals surface area contributed by atoms with Crippen LogP contribution >= 0.6 is 34.8 Å². The summed E-state index contributed by atoms with van der Waals surface area (Å²) >= 11 is 18.5. The van der Waals surface area contributed by atoms with Crippen molar-refractivity contribution in [1.82, 2.24) is 14.5 Å². The van der Waals surface area contributed by atoms with E-state index in [9.17, 15) is 18.0 Å². The summed E-state index contributed by atoms with van der Waals surface area (Å²) in [4.78, 5) is 27.5. The van der Waals surface area contributed by atoms with Gasteiger partial charge in [-0.25, -0.2) is 8.42 Å². The molecule has 0 aliphatic heterocycles. The molecule has 7 nitrogen and oxygen atoms in total. The molecule has 0 radical (unpaired) electrons. The minimum absolute atomic E-state index is 0.00420. The minimum atomic E-state index is -3.97. The fraction of sp³-hybridized carbons (Fsp3) is 0.391. The standard InChI is InChI=1S/C23H28Cl3N3O4S/c1-5-15(2)27-23(31)16(3)29(13-19-20(25)7-6-8-21(19)26)22(30)14-28(4)34(32,33)18-11-9-17(24)10-12-18/h6-12,15-16H,5,13-14H2,1-4H3,(H,27,31)/t15-,16-/m0/s1. The number of hydrogen-bond donors (Lipinski definition) is 1. The van der Waals surface area contributed by atoms with Crippen LogP contribution in [0.5, 0.6) is 0 Å². The Balaban J connectivity index is 2.34. The molecule has 0 unspecified atom stereocenters. The van der Waals surface area contributed by atoms with Gasteiger partial charge in [0, 0.05) is 40.3 Å². The second kappa shape index (κ2) is 12.2. The van der Waals surface area contributed by atoms with Crippen molar-refractivity contribution < 1.29 is 18.0 Å². The minimum Gasteiger partial charge on any atom is -0.352 e. The SMILES string of the molecule is CC[C@H](C)NC(=O)[C@H](C)N(Cc1c(Cl)cccc1Cl)C(=O)CN(C)S(=O)(=O)c1ccc(Cl)cc1. The maximum absolute atomic E-state index is 13.3. The highest BCUT2D eigenvalue weighted by Gasteiger charge is 2.31. The molecule has 2 amide bonds. The molecule has 34 heavy (non-hydrogen) atoms. The molecular weight excluding hydrogens is 521 g/mol. The van der Waals surface area contributed by atoms with Crippen LogP contribution in [0.25, 0.3) is 0 Å². The van der Waals surface area contributed by atoms with E-state index in [0.29, 0.717) is 27.1 Å². The van der Waals surface area contributed by atoms with Crippen LogP contribution in [-0.2, 0) is 26.2 Å². The third kappa shape index (κ3) is 7.09. The van der Waals surface area contributed by atoms with Crippen LogP contribution in [0.4, 0.5) is 0 Å². The largest absolute Gasteiger partial charge is 0.352 e. The van der Waals surface area contributed by atoms with Gasteiger partial charge < -0.3 is 10.2 Å². The number of rotatable bonds is 10. The highest BCUT2D eigenvalue weighted by Crippen LogP contribution is 2.27. The van der Waals surface area contributed by atoms with E-state index in [1.54, 1.807) is 25.1 Å². The highest BCUT2D eigenvalue weighted by atomic mass is 35.5. The Morgan fingerprint density at radius 2 is 1.56 bits per heavy atom. The van der Waals surface area contributed by atoms with Gasteiger partial charge in [0.15, 0.2) is 0 Å². The Bertz CT molecular complexity index is 1110.